The molecule has 4 heteroatoms. The van der Waals surface area contributed by atoms with Gasteiger partial charge in [0.25, 0.3) is 0 Å². The molecule has 29 heavy (non-hydrogen) atoms. The van der Waals surface area contributed by atoms with Crippen molar-refractivity contribution in [2.75, 3.05) is 18.0 Å². The van der Waals surface area contributed by atoms with Crippen molar-refractivity contribution >= 4 is 22.4 Å². The van der Waals surface area contributed by atoms with Gasteiger partial charge in [-0.2, -0.15) is 0 Å². The number of rotatable bonds is 6. The van der Waals surface area contributed by atoms with Crippen molar-refractivity contribution in [2.24, 2.45) is 5.92 Å². The standard InChI is InChI=1S/C25H27FN2O/c26-23-12-10-20(11-13-23)24(29)9-3-5-19-6-4-15-28(16-14-19)25-17-21-7-1-2-8-22(21)18-27-25/h1-2,7-8,10-13,17-19H,3-6,9,14-16H2. The summed E-state index contributed by atoms with van der Waals surface area (Å²) in [5, 5.41) is 2.41. The lowest BCUT2D eigenvalue weighted by Crippen LogP contribution is -2.25. The third-order valence-electron chi connectivity index (χ3n) is 5.97. The normalized spacial score (nSPS) is 17.3. The number of nitrogens with zero attached hydrogens (tertiary/aromatic N) is 2. The summed E-state index contributed by atoms with van der Waals surface area (Å²) in [6.45, 7) is 2.05. The molecule has 0 amide bonds. The molecular weight excluding hydrogens is 363 g/mol. The predicted molar refractivity (Wildman–Crippen MR) is 116 cm³/mol. The largest absolute Gasteiger partial charge is 0.357 e. The minimum Gasteiger partial charge on any atom is -0.357 e. The van der Waals surface area contributed by atoms with Gasteiger partial charge in [0, 0.05) is 36.7 Å². The molecule has 150 valence electrons. The van der Waals surface area contributed by atoms with Gasteiger partial charge in [0.1, 0.15) is 11.6 Å². The Morgan fingerprint density at radius 3 is 2.66 bits per heavy atom. The number of pyridine rings is 1. The van der Waals surface area contributed by atoms with E-state index in [1.807, 2.05) is 12.3 Å². The van der Waals surface area contributed by atoms with E-state index in [-0.39, 0.29) is 11.6 Å². The van der Waals surface area contributed by atoms with Gasteiger partial charge in [0.15, 0.2) is 5.78 Å². The van der Waals surface area contributed by atoms with Crippen molar-refractivity contribution in [1.82, 2.24) is 4.98 Å². The molecule has 0 spiro atoms. The van der Waals surface area contributed by atoms with Crippen LogP contribution in [0.2, 0.25) is 0 Å². The molecule has 1 aliphatic heterocycles. The maximum absolute atomic E-state index is 13.0. The molecule has 3 nitrogen and oxygen atoms in total. The number of aromatic nitrogens is 1. The molecule has 0 bridgehead atoms. The number of carbonyl (C=O) groups excluding carboxylic acids is 1. The smallest absolute Gasteiger partial charge is 0.162 e. The van der Waals surface area contributed by atoms with Crippen LogP contribution in [0.3, 0.4) is 0 Å². The first-order chi connectivity index (χ1) is 14.2. The zero-order chi connectivity index (χ0) is 20.1. The molecule has 2 heterocycles. The number of anilines is 1. The van der Waals surface area contributed by atoms with Gasteiger partial charge < -0.3 is 4.90 Å². The second-order valence-electron chi connectivity index (χ2n) is 8.00. The first-order valence-electron chi connectivity index (χ1n) is 10.6. The molecule has 0 radical (unpaired) electrons. The van der Waals surface area contributed by atoms with E-state index in [2.05, 4.69) is 34.1 Å². The van der Waals surface area contributed by atoms with Crippen LogP contribution in [0, 0.1) is 11.7 Å². The number of Topliss-reactive ketones (excluding diaryl/α,β-unsaturated/α-hetero) is 1. The summed E-state index contributed by atoms with van der Waals surface area (Å²) in [5.41, 5.74) is 0.612. The van der Waals surface area contributed by atoms with Crippen LogP contribution in [0.25, 0.3) is 10.8 Å². The highest BCUT2D eigenvalue weighted by molar-refractivity contribution is 5.95. The van der Waals surface area contributed by atoms with Crippen LogP contribution in [-0.2, 0) is 0 Å². The molecule has 0 aliphatic carbocycles. The number of hydrogen-bond acceptors (Lipinski definition) is 3. The molecule has 3 aromatic rings. The zero-order valence-electron chi connectivity index (χ0n) is 16.7. The van der Waals surface area contributed by atoms with E-state index in [0.717, 1.165) is 44.6 Å². The topological polar surface area (TPSA) is 33.2 Å². The second-order valence-corrected chi connectivity index (χ2v) is 8.00. The first-order valence-corrected chi connectivity index (χ1v) is 10.6. The van der Waals surface area contributed by atoms with Crippen LogP contribution in [0.15, 0.2) is 60.8 Å². The first kappa shape index (κ1) is 19.6. The van der Waals surface area contributed by atoms with Gasteiger partial charge in [-0.15, -0.1) is 0 Å². The Morgan fingerprint density at radius 2 is 1.83 bits per heavy atom. The monoisotopic (exact) mass is 390 g/mol. The average Bonchev–Trinajstić information content (AvgIpc) is 2.99. The van der Waals surface area contributed by atoms with Gasteiger partial charge in [-0.25, -0.2) is 9.37 Å². The Hall–Kier alpha value is -2.75. The lowest BCUT2D eigenvalue weighted by atomic mass is 9.93. The predicted octanol–water partition coefficient (Wildman–Crippen LogP) is 6.03. The lowest BCUT2D eigenvalue weighted by Gasteiger charge is -2.22. The van der Waals surface area contributed by atoms with Crippen LogP contribution in [-0.4, -0.2) is 23.9 Å². The third kappa shape index (κ3) is 5.00. The summed E-state index contributed by atoms with van der Waals surface area (Å²) in [7, 11) is 0. The molecule has 1 aliphatic rings. The summed E-state index contributed by atoms with van der Waals surface area (Å²) in [4.78, 5) is 19.3. The van der Waals surface area contributed by atoms with Gasteiger partial charge in [-0.05, 0) is 73.7 Å². The summed E-state index contributed by atoms with van der Waals surface area (Å²) in [6, 6.07) is 16.4. The summed E-state index contributed by atoms with van der Waals surface area (Å²) in [5.74, 6) is 1.53. The number of carbonyl (C=O) groups is 1. The number of hydrogen-bond donors (Lipinski definition) is 0. The number of ketones is 1. The Morgan fingerprint density at radius 1 is 1.03 bits per heavy atom. The Balaban J connectivity index is 1.28. The highest BCUT2D eigenvalue weighted by atomic mass is 19.1. The molecule has 4 rings (SSSR count). The van der Waals surface area contributed by atoms with Crippen molar-refractivity contribution in [3.05, 3.63) is 72.2 Å². The van der Waals surface area contributed by atoms with Crippen LogP contribution in [0.4, 0.5) is 10.2 Å². The van der Waals surface area contributed by atoms with Gasteiger partial charge in [-0.1, -0.05) is 24.3 Å². The van der Waals surface area contributed by atoms with E-state index < -0.39 is 0 Å². The maximum atomic E-state index is 13.0. The average molecular weight is 391 g/mol. The van der Waals surface area contributed by atoms with Crippen molar-refractivity contribution in [1.29, 1.82) is 0 Å². The summed E-state index contributed by atoms with van der Waals surface area (Å²) >= 11 is 0. The van der Waals surface area contributed by atoms with E-state index in [4.69, 9.17) is 0 Å². The Bertz CT molecular complexity index is 970. The van der Waals surface area contributed by atoms with Crippen molar-refractivity contribution < 1.29 is 9.18 Å². The van der Waals surface area contributed by atoms with E-state index in [9.17, 15) is 9.18 Å². The fraction of sp³-hybridized carbons (Fsp3) is 0.360. The molecular formula is C25H27FN2O. The minimum absolute atomic E-state index is 0.112. The van der Waals surface area contributed by atoms with E-state index in [1.165, 1.54) is 29.3 Å². The zero-order valence-corrected chi connectivity index (χ0v) is 16.7. The molecule has 1 fully saturated rings. The molecule has 0 N–H and O–H groups in total. The number of halogens is 1. The van der Waals surface area contributed by atoms with Crippen LogP contribution in [0.1, 0.15) is 48.9 Å². The summed E-state index contributed by atoms with van der Waals surface area (Å²) < 4.78 is 13.0. The van der Waals surface area contributed by atoms with Gasteiger partial charge >= 0.3 is 0 Å². The van der Waals surface area contributed by atoms with E-state index in [0.29, 0.717) is 17.9 Å². The third-order valence-corrected chi connectivity index (χ3v) is 5.97. The van der Waals surface area contributed by atoms with Crippen LogP contribution >= 0.6 is 0 Å². The van der Waals surface area contributed by atoms with Crippen molar-refractivity contribution in [3.63, 3.8) is 0 Å². The molecule has 1 aromatic heterocycles. The van der Waals surface area contributed by atoms with Crippen LogP contribution < -0.4 is 4.90 Å². The Kier molecular flexibility index (Phi) is 6.18. The fourth-order valence-electron chi connectivity index (χ4n) is 4.26. The van der Waals surface area contributed by atoms with Crippen molar-refractivity contribution in [3.8, 4) is 0 Å². The fourth-order valence-corrected chi connectivity index (χ4v) is 4.26. The van der Waals surface area contributed by atoms with Gasteiger partial charge in [0.2, 0.25) is 0 Å². The molecule has 1 saturated heterocycles. The Labute approximate surface area is 171 Å². The molecule has 0 saturated carbocycles. The number of fused-ring (bicyclic) bond motifs is 1. The molecule has 1 unspecified atom stereocenters. The molecule has 2 aromatic carbocycles. The SMILES string of the molecule is O=C(CCCC1CCCN(c2cc3ccccc3cn2)CC1)c1ccc(F)cc1. The van der Waals surface area contributed by atoms with Crippen LogP contribution in [0.5, 0.6) is 0 Å². The van der Waals surface area contributed by atoms with E-state index >= 15 is 0 Å². The highest BCUT2D eigenvalue weighted by Crippen LogP contribution is 2.27. The van der Waals surface area contributed by atoms with Gasteiger partial charge in [0.05, 0.1) is 0 Å². The molecule has 1 atom stereocenters. The summed E-state index contributed by atoms with van der Waals surface area (Å²) in [6.07, 6.45) is 7.98. The highest BCUT2D eigenvalue weighted by Gasteiger charge is 2.18. The number of benzene rings is 2. The minimum atomic E-state index is -0.300. The van der Waals surface area contributed by atoms with Crippen molar-refractivity contribution in [2.45, 2.75) is 38.5 Å². The van der Waals surface area contributed by atoms with E-state index in [1.54, 1.807) is 12.1 Å². The van der Waals surface area contributed by atoms with Gasteiger partial charge in [-0.3, -0.25) is 4.79 Å². The maximum Gasteiger partial charge on any atom is 0.162 e. The lowest BCUT2D eigenvalue weighted by molar-refractivity contribution is 0.0977. The second kappa shape index (κ2) is 9.17. The quantitative estimate of drug-likeness (QED) is 0.482.